The van der Waals surface area contributed by atoms with Crippen molar-refractivity contribution in [2.45, 2.75) is 31.8 Å². The van der Waals surface area contributed by atoms with Gasteiger partial charge in [0.1, 0.15) is 0 Å². The molecule has 5 heteroatoms. The number of nitrogens with one attached hydrogen (secondary N) is 1. The highest BCUT2D eigenvalue weighted by Crippen LogP contribution is 2.19. The van der Waals surface area contributed by atoms with E-state index >= 15 is 0 Å². The van der Waals surface area contributed by atoms with Gasteiger partial charge in [0.05, 0.1) is 0 Å². The zero-order chi connectivity index (χ0) is 12.0. The van der Waals surface area contributed by atoms with Crippen LogP contribution in [0, 0.1) is 5.92 Å². The van der Waals surface area contributed by atoms with Crippen LogP contribution in [0.15, 0.2) is 12.2 Å². The highest BCUT2D eigenvalue weighted by Gasteiger charge is 2.15. The minimum absolute atomic E-state index is 0.0432. The van der Waals surface area contributed by atoms with E-state index < -0.39 is 12.1 Å². The van der Waals surface area contributed by atoms with Crippen LogP contribution >= 0.6 is 0 Å². The highest BCUT2D eigenvalue weighted by molar-refractivity contribution is 5.76. The van der Waals surface area contributed by atoms with E-state index in [2.05, 4.69) is 11.4 Å². The Morgan fingerprint density at radius 1 is 1.50 bits per heavy atom. The first-order valence-corrected chi connectivity index (χ1v) is 5.44. The fourth-order valence-electron chi connectivity index (χ4n) is 1.65. The predicted octanol–water partition coefficient (Wildman–Crippen LogP) is 0.294. The third-order valence-electron chi connectivity index (χ3n) is 2.58. The smallest absolute Gasteiger partial charge is 0.332 e. The average Bonchev–Trinajstić information content (AvgIpc) is 2.70. The molecule has 0 saturated heterocycles. The lowest BCUT2D eigenvalue weighted by molar-refractivity contribution is -0.147. The second kappa shape index (κ2) is 6.27. The van der Waals surface area contributed by atoms with Gasteiger partial charge in [0.15, 0.2) is 6.10 Å². The van der Waals surface area contributed by atoms with Gasteiger partial charge in [-0.25, -0.2) is 4.79 Å². The molecule has 1 amide bonds. The Morgan fingerprint density at radius 2 is 2.25 bits per heavy atom. The van der Waals surface area contributed by atoms with Gasteiger partial charge < -0.3 is 15.5 Å². The molecule has 0 bridgehead atoms. The lowest BCUT2D eigenvalue weighted by atomic mass is 10.1. The summed E-state index contributed by atoms with van der Waals surface area (Å²) in [5.74, 6) is -1.04. The van der Waals surface area contributed by atoms with Crippen LogP contribution in [-0.2, 0) is 9.59 Å². The highest BCUT2D eigenvalue weighted by atomic mass is 16.4. The number of aliphatic hydroxyl groups excluding tert-OH is 1. The van der Waals surface area contributed by atoms with Crippen molar-refractivity contribution in [1.29, 1.82) is 0 Å². The summed E-state index contributed by atoms with van der Waals surface area (Å²) < 4.78 is 0. The van der Waals surface area contributed by atoms with Gasteiger partial charge in [-0.3, -0.25) is 4.79 Å². The molecule has 2 unspecified atom stereocenters. The standard InChI is InChI=1S/C11H17NO4/c13-9(11(15)16)5-6-12-10(14)7-8-3-1-2-4-8/h1,3,8-9,13H,2,4-7H2,(H,12,14)(H,15,16). The minimum Gasteiger partial charge on any atom is -0.479 e. The maximum absolute atomic E-state index is 11.4. The first-order valence-electron chi connectivity index (χ1n) is 5.44. The molecular formula is C11H17NO4. The Labute approximate surface area is 94.2 Å². The molecule has 0 aromatic carbocycles. The molecule has 90 valence electrons. The average molecular weight is 227 g/mol. The van der Waals surface area contributed by atoms with Crippen molar-refractivity contribution in [2.75, 3.05) is 6.54 Å². The van der Waals surface area contributed by atoms with Crippen LogP contribution in [0.2, 0.25) is 0 Å². The van der Waals surface area contributed by atoms with Crippen molar-refractivity contribution in [3.8, 4) is 0 Å². The molecule has 1 aliphatic rings. The van der Waals surface area contributed by atoms with Crippen molar-refractivity contribution in [1.82, 2.24) is 5.32 Å². The quantitative estimate of drug-likeness (QED) is 0.569. The fraction of sp³-hybridized carbons (Fsp3) is 0.636. The molecule has 16 heavy (non-hydrogen) atoms. The largest absolute Gasteiger partial charge is 0.479 e. The number of carbonyl (C=O) groups excluding carboxylic acids is 1. The van der Waals surface area contributed by atoms with Crippen molar-refractivity contribution >= 4 is 11.9 Å². The first-order chi connectivity index (χ1) is 7.59. The molecular weight excluding hydrogens is 210 g/mol. The predicted molar refractivity (Wildman–Crippen MR) is 57.8 cm³/mol. The first kappa shape index (κ1) is 12.7. The molecule has 0 aromatic heterocycles. The second-order valence-electron chi connectivity index (χ2n) is 3.96. The van der Waals surface area contributed by atoms with E-state index in [1.165, 1.54) is 0 Å². The van der Waals surface area contributed by atoms with Crippen LogP contribution in [-0.4, -0.2) is 34.7 Å². The summed E-state index contributed by atoms with van der Waals surface area (Å²) in [5.41, 5.74) is 0. The molecule has 0 saturated carbocycles. The Kier molecular flexibility index (Phi) is 4.98. The number of allylic oxidation sites excluding steroid dienone is 2. The maximum Gasteiger partial charge on any atom is 0.332 e. The van der Waals surface area contributed by atoms with Crippen LogP contribution in [0.4, 0.5) is 0 Å². The van der Waals surface area contributed by atoms with E-state index in [0.29, 0.717) is 12.3 Å². The van der Waals surface area contributed by atoms with E-state index in [9.17, 15) is 9.59 Å². The van der Waals surface area contributed by atoms with Gasteiger partial charge in [-0.05, 0) is 18.8 Å². The number of rotatable bonds is 6. The van der Waals surface area contributed by atoms with Gasteiger partial charge in [-0.15, -0.1) is 0 Å². The van der Waals surface area contributed by atoms with Crippen molar-refractivity contribution < 1.29 is 19.8 Å². The monoisotopic (exact) mass is 227 g/mol. The lowest BCUT2D eigenvalue weighted by Crippen LogP contribution is -2.30. The lowest BCUT2D eigenvalue weighted by Gasteiger charge is -2.09. The molecule has 0 fully saturated rings. The summed E-state index contributed by atoms with van der Waals surface area (Å²) in [4.78, 5) is 21.7. The van der Waals surface area contributed by atoms with E-state index in [1.807, 2.05) is 6.08 Å². The summed E-state index contributed by atoms with van der Waals surface area (Å²) in [6, 6.07) is 0. The summed E-state index contributed by atoms with van der Waals surface area (Å²) in [6.07, 6.45) is 5.21. The van der Waals surface area contributed by atoms with Crippen LogP contribution in [0.1, 0.15) is 25.7 Å². The molecule has 0 spiro atoms. The number of aliphatic carboxylic acids is 1. The summed E-state index contributed by atoms with van der Waals surface area (Å²) in [6.45, 7) is 0.197. The SMILES string of the molecule is O=C(CC1C=CCC1)NCCC(O)C(=O)O. The van der Waals surface area contributed by atoms with Crippen LogP contribution in [0.3, 0.4) is 0 Å². The molecule has 0 radical (unpaired) electrons. The molecule has 1 rings (SSSR count). The van der Waals surface area contributed by atoms with Gasteiger partial charge >= 0.3 is 5.97 Å². The summed E-state index contributed by atoms with van der Waals surface area (Å²) in [7, 11) is 0. The van der Waals surface area contributed by atoms with Crippen molar-refractivity contribution in [3.63, 3.8) is 0 Å². The number of carboxylic acid groups (broad SMARTS) is 1. The molecule has 1 aliphatic carbocycles. The molecule has 5 nitrogen and oxygen atoms in total. The third kappa shape index (κ3) is 4.44. The van der Waals surface area contributed by atoms with Crippen molar-refractivity contribution in [2.24, 2.45) is 5.92 Å². The Bertz CT molecular complexity index is 288. The topological polar surface area (TPSA) is 86.6 Å². The van der Waals surface area contributed by atoms with Gasteiger partial charge in [-0.2, -0.15) is 0 Å². The van der Waals surface area contributed by atoms with Gasteiger partial charge in [0, 0.05) is 19.4 Å². The fourth-order valence-corrected chi connectivity index (χ4v) is 1.65. The van der Waals surface area contributed by atoms with Crippen LogP contribution in [0.25, 0.3) is 0 Å². The Balaban J connectivity index is 2.10. The van der Waals surface area contributed by atoms with Gasteiger partial charge in [0.2, 0.25) is 5.91 Å². The van der Waals surface area contributed by atoms with Gasteiger partial charge in [0.25, 0.3) is 0 Å². The van der Waals surface area contributed by atoms with Crippen molar-refractivity contribution in [3.05, 3.63) is 12.2 Å². The minimum atomic E-state index is -1.40. The van der Waals surface area contributed by atoms with Crippen LogP contribution < -0.4 is 5.32 Å². The molecule has 3 N–H and O–H groups in total. The summed E-state index contributed by atoms with van der Waals surface area (Å²) in [5, 5.41) is 20.0. The summed E-state index contributed by atoms with van der Waals surface area (Å²) >= 11 is 0. The molecule has 0 heterocycles. The van der Waals surface area contributed by atoms with E-state index in [1.54, 1.807) is 0 Å². The number of aliphatic hydroxyl groups is 1. The number of carbonyl (C=O) groups is 2. The second-order valence-corrected chi connectivity index (χ2v) is 3.96. The number of hydrogen-bond donors (Lipinski definition) is 3. The zero-order valence-electron chi connectivity index (χ0n) is 9.06. The molecule has 2 atom stereocenters. The number of carboxylic acids is 1. The van der Waals surface area contributed by atoms with E-state index in [0.717, 1.165) is 12.8 Å². The van der Waals surface area contributed by atoms with Gasteiger partial charge in [-0.1, -0.05) is 12.2 Å². The Morgan fingerprint density at radius 3 is 2.81 bits per heavy atom. The third-order valence-corrected chi connectivity index (χ3v) is 2.58. The maximum atomic E-state index is 11.4. The van der Waals surface area contributed by atoms with Crippen LogP contribution in [0.5, 0.6) is 0 Å². The number of hydrogen-bond acceptors (Lipinski definition) is 3. The number of amides is 1. The molecule has 0 aromatic rings. The Hall–Kier alpha value is -1.36. The van der Waals surface area contributed by atoms with E-state index in [-0.39, 0.29) is 18.9 Å². The van der Waals surface area contributed by atoms with E-state index in [4.69, 9.17) is 10.2 Å². The normalized spacial score (nSPS) is 20.7. The zero-order valence-corrected chi connectivity index (χ0v) is 9.06. The molecule has 0 aliphatic heterocycles.